The van der Waals surface area contributed by atoms with Crippen LogP contribution >= 0.6 is 0 Å². The van der Waals surface area contributed by atoms with Gasteiger partial charge < -0.3 is 4.43 Å². The minimum atomic E-state index is -3.70. The monoisotopic (exact) mass is 475 g/mol. The Morgan fingerprint density at radius 3 is 2.38 bits per heavy atom. The molecule has 0 amide bonds. The second-order valence-electron chi connectivity index (χ2n) is 9.89. The smallest absolute Gasteiger partial charge is 0.250 e. The zero-order valence-corrected chi connectivity index (χ0v) is 21.7. The number of sulfonamides is 1. The van der Waals surface area contributed by atoms with Gasteiger partial charge in [-0.2, -0.15) is 4.31 Å². The van der Waals surface area contributed by atoms with Crippen LogP contribution in [0.15, 0.2) is 41.0 Å². The molecule has 0 bridgehead atoms. The van der Waals surface area contributed by atoms with Crippen LogP contribution in [0.5, 0.6) is 0 Å². The summed E-state index contributed by atoms with van der Waals surface area (Å²) in [5, 5.41) is 0. The van der Waals surface area contributed by atoms with Crippen molar-refractivity contribution in [1.29, 1.82) is 0 Å². The lowest BCUT2D eigenvalue weighted by atomic mass is 9.58. The van der Waals surface area contributed by atoms with Gasteiger partial charge in [0.05, 0.1) is 22.6 Å². The molecule has 176 valence electrons. The molecule has 0 unspecified atom stereocenters. The van der Waals surface area contributed by atoms with Crippen molar-refractivity contribution in [1.82, 2.24) is 4.31 Å². The number of rotatable bonds is 7. The molecule has 1 aromatic rings. The molecule has 1 saturated carbocycles. The Morgan fingerprint density at radius 2 is 1.75 bits per heavy atom. The summed E-state index contributed by atoms with van der Waals surface area (Å²) in [5.74, 6) is 1.33. The van der Waals surface area contributed by atoms with Crippen LogP contribution in [0.4, 0.5) is 0 Å². The van der Waals surface area contributed by atoms with Gasteiger partial charge in [0.25, 0.3) is 0 Å². The second kappa shape index (κ2) is 8.73. The summed E-state index contributed by atoms with van der Waals surface area (Å²) >= 11 is 0. The van der Waals surface area contributed by atoms with Crippen molar-refractivity contribution >= 4 is 24.1 Å². The maximum absolute atomic E-state index is 13.5. The van der Waals surface area contributed by atoms with E-state index in [0.29, 0.717) is 6.42 Å². The lowest BCUT2D eigenvalue weighted by Gasteiger charge is -2.48. The van der Waals surface area contributed by atoms with Crippen LogP contribution in [-0.4, -0.2) is 39.4 Å². The van der Waals surface area contributed by atoms with E-state index in [4.69, 9.17) is 4.43 Å². The Kier molecular flexibility index (Phi) is 6.46. The number of hydrogen-bond acceptors (Lipinski definition) is 4. The molecule has 0 N–H and O–H groups in total. The van der Waals surface area contributed by atoms with Gasteiger partial charge >= 0.3 is 0 Å². The van der Waals surface area contributed by atoms with Crippen LogP contribution in [0, 0.1) is 18.3 Å². The molecule has 4 rings (SSSR count). The fourth-order valence-corrected chi connectivity index (χ4v) is 10.6. The summed E-state index contributed by atoms with van der Waals surface area (Å²) in [6.07, 6.45) is 6.20. The van der Waals surface area contributed by atoms with Crippen LogP contribution in [0.25, 0.3) is 0 Å². The van der Waals surface area contributed by atoms with Crippen LogP contribution in [-0.2, 0) is 19.2 Å². The van der Waals surface area contributed by atoms with Crippen molar-refractivity contribution in [3.63, 3.8) is 0 Å². The van der Waals surface area contributed by atoms with Gasteiger partial charge in [-0.25, -0.2) is 8.42 Å². The number of allylic oxidation sites excluding steroid dienone is 2. The highest BCUT2D eigenvalue weighted by Gasteiger charge is 2.62. The predicted molar refractivity (Wildman–Crippen MR) is 129 cm³/mol. The fraction of sp³-hybridized carbons (Fsp3) is 0.640. The second-order valence-corrected chi connectivity index (χ2v) is 16.5. The van der Waals surface area contributed by atoms with Crippen molar-refractivity contribution in [2.75, 3.05) is 6.54 Å². The normalized spacial score (nSPS) is 28.8. The molecular formula is C25H37NO4SSi. The lowest BCUT2D eigenvalue weighted by molar-refractivity contribution is -0.130. The number of hydrogen-bond donors (Lipinski definition) is 0. The first kappa shape index (κ1) is 23.7. The Labute approximate surface area is 194 Å². The molecule has 0 aromatic heterocycles. The van der Waals surface area contributed by atoms with Gasteiger partial charge in [0.15, 0.2) is 5.78 Å². The third kappa shape index (κ3) is 3.70. The van der Waals surface area contributed by atoms with E-state index in [0.717, 1.165) is 55.1 Å². The molecule has 7 heteroatoms. The van der Waals surface area contributed by atoms with Crippen molar-refractivity contribution in [2.45, 2.75) is 88.9 Å². The molecule has 2 fully saturated rings. The highest BCUT2D eigenvalue weighted by atomic mass is 32.2. The van der Waals surface area contributed by atoms with Crippen molar-refractivity contribution < 1.29 is 17.6 Å². The zero-order valence-electron chi connectivity index (χ0n) is 19.9. The molecule has 1 heterocycles. The topological polar surface area (TPSA) is 63.7 Å². The number of nitrogens with zero attached hydrogens (tertiary/aromatic N) is 1. The molecular weight excluding hydrogens is 438 g/mol. The molecule has 1 spiro atoms. The van der Waals surface area contributed by atoms with Gasteiger partial charge in [0.2, 0.25) is 18.3 Å². The third-order valence-corrected chi connectivity index (χ3v) is 15.0. The van der Waals surface area contributed by atoms with Crippen molar-refractivity contribution in [3.8, 4) is 0 Å². The molecule has 3 aliphatic rings. The minimum Gasteiger partial charge on any atom is -0.547 e. The van der Waals surface area contributed by atoms with Crippen LogP contribution in [0.3, 0.4) is 0 Å². The summed E-state index contributed by atoms with van der Waals surface area (Å²) in [6, 6.07) is 10.0. The highest BCUT2D eigenvalue weighted by Crippen LogP contribution is 2.56. The summed E-state index contributed by atoms with van der Waals surface area (Å²) in [5.41, 5.74) is 0.434. The van der Waals surface area contributed by atoms with Crippen LogP contribution in [0.1, 0.15) is 58.4 Å². The minimum absolute atomic E-state index is 0.00102. The molecule has 0 radical (unpaired) electrons. The number of Topliss-reactive ketones (excluding diaryl/α,β-unsaturated/α-hetero) is 1. The third-order valence-electron chi connectivity index (χ3n) is 8.54. The zero-order chi connectivity index (χ0) is 23.1. The number of ketones is 1. The van der Waals surface area contributed by atoms with Gasteiger partial charge in [-0.3, -0.25) is 4.79 Å². The molecule has 32 heavy (non-hydrogen) atoms. The number of aryl methyl sites for hydroxylation is 1. The molecule has 5 nitrogen and oxygen atoms in total. The van der Waals surface area contributed by atoms with E-state index < -0.39 is 23.8 Å². The Balaban J connectivity index is 1.65. The maximum atomic E-state index is 13.5. The fourth-order valence-electron chi connectivity index (χ4n) is 6.29. The lowest BCUT2D eigenvalue weighted by Crippen LogP contribution is -2.52. The first-order chi connectivity index (χ1) is 15.2. The highest BCUT2D eigenvalue weighted by molar-refractivity contribution is 7.89. The van der Waals surface area contributed by atoms with Gasteiger partial charge in [-0.15, -0.1) is 0 Å². The molecule has 1 saturated heterocycles. The Hall–Kier alpha value is -1.44. The molecule has 3 atom stereocenters. The van der Waals surface area contributed by atoms with E-state index in [9.17, 15) is 13.2 Å². The number of carbonyl (C=O) groups excluding carboxylic acids is 1. The van der Waals surface area contributed by atoms with E-state index in [1.807, 2.05) is 19.1 Å². The van der Waals surface area contributed by atoms with Crippen LogP contribution < -0.4 is 0 Å². The summed E-state index contributed by atoms with van der Waals surface area (Å²) < 4.78 is 35.3. The quantitative estimate of drug-likeness (QED) is 0.494. The number of carbonyl (C=O) groups is 1. The van der Waals surface area contributed by atoms with Crippen LogP contribution in [0.2, 0.25) is 18.1 Å². The molecule has 1 aliphatic heterocycles. The summed E-state index contributed by atoms with van der Waals surface area (Å²) in [6.45, 7) is 8.63. The maximum Gasteiger partial charge on any atom is 0.250 e. The van der Waals surface area contributed by atoms with Gasteiger partial charge in [-0.1, -0.05) is 44.9 Å². The average Bonchev–Trinajstić information content (AvgIpc) is 3.10. The first-order valence-electron chi connectivity index (χ1n) is 12.2. The van der Waals surface area contributed by atoms with Gasteiger partial charge in [0.1, 0.15) is 0 Å². The Morgan fingerprint density at radius 1 is 1.09 bits per heavy atom. The summed E-state index contributed by atoms with van der Waals surface area (Å²) in [7, 11) is -5.47. The molecule has 2 aliphatic carbocycles. The van der Waals surface area contributed by atoms with Gasteiger partial charge in [0, 0.05) is 12.5 Å². The van der Waals surface area contributed by atoms with Crippen molar-refractivity contribution in [2.24, 2.45) is 11.3 Å². The van der Waals surface area contributed by atoms with E-state index in [2.05, 4.69) is 26.8 Å². The van der Waals surface area contributed by atoms with E-state index >= 15 is 0 Å². The molecule has 1 aromatic carbocycles. The van der Waals surface area contributed by atoms with Gasteiger partial charge in [-0.05, 0) is 68.4 Å². The SMILES string of the molecule is CC[Si](CC)(CC)OC1=CC[C@@]23C(=O)CN(S(=O)(=O)c4ccc(C)cc4)[C@@H]2CCC[C@H]3C1. The van der Waals surface area contributed by atoms with Crippen molar-refractivity contribution in [3.05, 3.63) is 41.7 Å². The van der Waals surface area contributed by atoms with E-state index in [1.165, 1.54) is 4.31 Å². The largest absolute Gasteiger partial charge is 0.547 e. The standard InChI is InChI=1S/C25H37NO4SSi/c1-5-32(6-2,7-3)30-21-15-16-25-20(17-21)9-8-10-23(25)26(18-24(25)27)31(28,29)22-13-11-19(4)12-14-22/h11-15,20,23H,5-10,16-18H2,1-4H3/t20-,23+,25-/m0/s1. The number of benzene rings is 1. The predicted octanol–water partition coefficient (Wildman–Crippen LogP) is 5.42. The van der Waals surface area contributed by atoms with E-state index in [1.54, 1.807) is 12.1 Å². The first-order valence-corrected chi connectivity index (χ1v) is 16.2. The Bertz CT molecular complexity index is 991. The van der Waals surface area contributed by atoms with E-state index in [-0.39, 0.29) is 29.2 Å². The summed E-state index contributed by atoms with van der Waals surface area (Å²) in [4.78, 5) is 13.8. The average molecular weight is 476 g/mol.